The summed E-state index contributed by atoms with van der Waals surface area (Å²) in [5.74, 6) is 0. The molecule has 1 aliphatic rings. The van der Waals surface area contributed by atoms with Crippen molar-refractivity contribution >= 4 is 21.4 Å². The molecule has 2 aromatic rings. The number of hydrogen-bond donors (Lipinski definition) is 1. The van der Waals surface area contributed by atoms with E-state index in [0.717, 1.165) is 12.6 Å². The highest BCUT2D eigenvalue weighted by atomic mass is 32.1. The fourth-order valence-corrected chi connectivity index (χ4v) is 3.22. The first-order chi connectivity index (χ1) is 7.74. The lowest BCUT2D eigenvalue weighted by Gasteiger charge is -2.00. The first-order valence-electron chi connectivity index (χ1n) is 5.96. The number of nitrogens with one attached hydrogen (secondary N) is 1. The first kappa shape index (κ1) is 10.3. The standard InChI is InChI=1S/C14H17NS/c1-9-3-6-13-12(7-9)10(2)14(16-13)8-15-11-4-5-11/h3,6-7,11,15H,4-5,8H2,1-2H3. The van der Waals surface area contributed by atoms with Crippen LogP contribution in [0.1, 0.15) is 28.8 Å². The second-order valence-corrected chi connectivity index (χ2v) is 5.94. The number of benzene rings is 1. The van der Waals surface area contributed by atoms with Gasteiger partial charge in [-0.3, -0.25) is 0 Å². The van der Waals surface area contributed by atoms with E-state index in [1.54, 1.807) is 0 Å². The highest BCUT2D eigenvalue weighted by Gasteiger charge is 2.20. The third-order valence-corrected chi connectivity index (χ3v) is 4.59. The van der Waals surface area contributed by atoms with E-state index in [4.69, 9.17) is 0 Å². The fraction of sp³-hybridized carbons (Fsp3) is 0.429. The van der Waals surface area contributed by atoms with Crippen molar-refractivity contribution in [3.8, 4) is 0 Å². The smallest absolute Gasteiger partial charge is 0.0349 e. The third kappa shape index (κ3) is 1.87. The summed E-state index contributed by atoms with van der Waals surface area (Å²) in [5, 5.41) is 5.04. The minimum atomic E-state index is 0.798. The maximum absolute atomic E-state index is 3.60. The van der Waals surface area contributed by atoms with Crippen molar-refractivity contribution in [1.82, 2.24) is 5.32 Å². The molecular weight excluding hydrogens is 214 g/mol. The van der Waals surface area contributed by atoms with Crippen LogP contribution in [0.3, 0.4) is 0 Å². The molecule has 0 amide bonds. The van der Waals surface area contributed by atoms with Crippen LogP contribution >= 0.6 is 11.3 Å². The molecule has 1 N–H and O–H groups in total. The van der Waals surface area contributed by atoms with E-state index in [-0.39, 0.29) is 0 Å². The molecule has 0 saturated heterocycles. The Bertz CT molecular complexity index is 523. The van der Waals surface area contributed by atoms with Gasteiger partial charge in [0.1, 0.15) is 0 Å². The second-order valence-electron chi connectivity index (χ2n) is 4.81. The van der Waals surface area contributed by atoms with Gasteiger partial charge >= 0.3 is 0 Å². The van der Waals surface area contributed by atoms with Gasteiger partial charge in [-0.2, -0.15) is 0 Å². The fourth-order valence-electron chi connectivity index (χ4n) is 2.08. The molecule has 1 heterocycles. The maximum Gasteiger partial charge on any atom is 0.0349 e. The first-order valence-corrected chi connectivity index (χ1v) is 6.78. The molecule has 84 valence electrons. The molecule has 0 spiro atoms. The molecule has 3 rings (SSSR count). The third-order valence-electron chi connectivity index (χ3n) is 3.32. The molecule has 2 heteroatoms. The normalized spacial score (nSPS) is 15.9. The van der Waals surface area contributed by atoms with Gasteiger partial charge in [-0.15, -0.1) is 11.3 Å². The van der Waals surface area contributed by atoms with Crippen molar-refractivity contribution in [2.45, 2.75) is 39.3 Å². The van der Waals surface area contributed by atoms with E-state index in [1.165, 1.54) is 38.9 Å². The van der Waals surface area contributed by atoms with Gasteiger partial charge in [0.05, 0.1) is 0 Å². The van der Waals surface area contributed by atoms with Crippen LogP contribution in [0.4, 0.5) is 0 Å². The molecular formula is C14H17NS. The zero-order chi connectivity index (χ0) is 11.1. The van der Waals surface area contributed by atoms with E-state index in [1.807, 2.05) is 11.3 Å². The van der Waals surface area contributed by atoms with E-state index in [2.05, 4.69) is 37.4 Å². The van der Waals surface area contributed by atoms with Gasteiger partial charge < -0.3 is 5.32 Å². The Hall–Kier alpha value is -0.860. The summed E-state index contributed by atoms with van der Waals surface area (Å²) in [6.07, 6.45) is 2.73. The van der Waals surface area contributed by atoms with Crippen LogP contribution in [-0.2, 0) is 6.54 Å². The van der Waals surface area contributed by atoms with E-state index in [9.17, 15) is 0 Å². The monoisotopic (exact) mass is 231 g/mol. The highest BCUT2D eigenvalue weighted by molar-refractivity contribution is 7.19. The minimum absolute atomic E-state index is 0.798. The SMILES string of the molecule is Cc1ccc2sc(CNC3CC3)c(C)c2c1. The molecule has 0 radical (unpaired) electrons. The maximum atomic E-state index is 3.60. The summed E-state index contributed by atoms with van der Waals surface area (Å²) in [6, 6.07) is 7.56. The van der Waals surface area contributed by atoms with Gasteiger partial charge in [0, 0.05) is 22.2 Å². The molecule has 1 aromatic carbocycles. The second kappa shape index (κ2) is 3.86. The number of aryl methyl sites for hydroxylation is 2. The van der Waals surface area contributed by atoms with Crippen molar-refractivity contribution in [2.75, 3.05) is 0 Å². The van der Waals surface area contributed by atoms with E-state index >= 15 is 0 Å². The van der Waals surface area contributed by atoms with Crippen LogP contribution in [0.15, 0.2) is 18.2 Å². The summed E-state index contributed by atoms with van der Waals surface area (Å²) >= 11 is 1.94. The van der Waals surface area contributed by atoms with Crippen LogP contribution in [-0.4, -0.2) is 6.04 Å². The van der Waals surface area contributed by atoms with E-state index in [0.29, 0.717) is 0 Å². The largest absolute Gasteiger partial charge is 0.309 e. The van der Waals surface area contributed by atoms with Crippen LogP contribution in [0.2, 0.25) is 0 Å². The molecule has 0 unspecified atom stereocenters. The van der Waals surface area contributed by atoms with Gasteiger partial charge in [0.2, 0.25) is 0 Å². The quantitative estimate of drug-likeness (QED) is 0.848. The van der Waals surface area contributed by atoms with Gasteiger partial charge in [-0.1, -0.05) is 17.7 Å². The van der Waals surface area contributed by atoms with Gasteiger partial charge in [-0.25, -0.2) is 0 Å². The summed E-state index contributed by atoms with van der Waals surface area (Å²) < 4.78 is 1.43. The predicted octanol–water partition coefficient (Wildman–Crippen LogP) is 3.77. The lowest BCUT2D eigenvalue weighted by atomic mass is 10.1. The molecule has 1 aromatic heterocycles. The summed E-state index contributed by atoms with van der Waals surface area (Å²) in [4.78, 5) is 1.51. The molecule has 0 aliphatic heterocycles. The molecule has 1 saturated carbocycles. The molecule has 1 aliphatic carbocycles. The van der Waals surface area contributed by atoms with Crippen LogP contribution < -0.4 is 5.32 Å². The zero-order valence-electron chi connectivity index (χ0n) is 9.84. The topological polar surface area (TPSA) is 12.0 Å². The average Bonchev–Trinajstić information content (AvgIpc) is 3.04. The number of rotatable bonds is 3. The molecule has 0 atom stereocenters. The van der Waals surface area contributed by atoms with Crippen molar-refractivity contribution in [1.29, 1.82) is 0 Å². The van der Waals surface area contributed by atoms with Crippen molar-refractivity contribution in [3.63, 3.8) is 0 Å². The van der Waals surface area contributed by atoms with Crippen LogP contribution in [0.5, 0.6) is 0 Å². The zero-order valence-corrected chi connectivity index (χ0v) is 10.7. The Labute approximate surface area is 100 Å². The number of hydrogen-bond acceptors (Lipinski definition) is 2. The molecule has 1 nitrogen and oxygen atoms in total. The highest BCUT2D eigenvalue weighted by Crippen LogP contribution is 2.32. The predicted molar refractivity (Wildman–Crippen MR) is 71.2 cm³/mol. The Morgan fingerprint density at radius 2 is 2.12 bits per heavy atom. The Balaban J connectivity index is 1.94. The Kier molecular flexibility index (Phi) is 2.49. The molecule has 16 heavy (non-hydrogen) atoms. The van der Waals surface area contributed by atoms with E-state index < -0.39 is 0 Å². The van der Waals surface area contributed by atoms with Crippen LogP contribution in [0, 0.1) is 13.8 Å². The average molecular weight is 231 g/mol. The summed E-state index contributed by atoms with van der Waals surface area (Å²) in [7, 11) is 0. The lowest BCUT2D eigenvalue weighted by molar-refractivity contribution is 0.693. The number of fused-ring (bicyclic) bond motifs is 1. The lowest BCUT2D eigenvalue weighted by Crippen LogP contribution is -2.14. The summed E-state index contributed by atoms with van der Waals surface area (Å²) in [6.45, 7) is 5.47. The van der Waals surface area contributed by atoms with Crippen molar-refractivity contribution in [3.05, 3.63) is 34.2 Å². The van der Waals surface area contributed by atoms with Gasteiger partial charge in [0.15, 0.2) is 0 Å². The number of thiophene rings is 1. The van der Waals surface area contributed by atoms with Gasteiger partial charge in [0.25, 0.3) is 0 Å². The van der Waals surface area contributed by atoms with Crippen molar-refractivity contribution < 1.29 is 0 Å². The Morgan fingerprint density at radius 3 is 2.88 bits per heavy atom. The van der Waals surface area contributed by atoms with Crippen molar-refractivity contribution in [2.24, 2.45) is 0 Å². The summed E-state index contributed by atoms with van der Waals surface area (Å²) in [5.41, 5.74) is 2.83. The molecule has 0 bridgehead atoms. The minimum Gasteiger partial charge on any atom is -0.309 e. The van der Waals surface area contributed by atoms with Gasteiger partial charge in [-0.05, 0) is 43.7 Å². The Morgan fingerprint density at radius 1 is 1.31 bits per heavy atom. The van der Waals surface area contributed by atoms with Crippen LogP contribution in [0.25, 0.3) is 10.1 Å². The molecule has 1 fully saturated rings.